The Hall–Kier alpha value is -2.79. The lowest BCUT2D eigenvalue weighted by Gasteiger charge is -2.30. The Balaban J connectivity index is 0.000000197. The molecular weight excluding hydrogens is 332 g/mol. The van der Waals surface area contributed by atoms with Gasteiger partial charge < -0.3 is 9.84 Å². The fourth-order valence-electron chi connectivity index (χ4n) is 2.85. The van der Waals surface area contributed by atoms with Crippen molar-refractivity contribution in [1.29, 1.82) is 0 Å². The van der Waals surface area contributed by atoms with Crippen LogP contribution in [0.1, 0.15) is 42.5 Å². The largest absolute Gasteiger partial charge is 0.421 e. The second-order valence-corrected chi connectivity index (χ2v) is 6.14. The van der Waals surface area contributed by atoms with Gasteiger partial charge in [-0.1, -0.05) is 67.8 Å². The maximum atomic E-state index is 12.1. The molecule has 5 heteroatoms. The van der Waals surface area contributed by atoms with Crippen LogP contribution in [0.4, 0.5) is 0 Å². The quantitative estimate of drug-likeness (QED) is 0.299. The molecule has 0 spiro atoms. The summed E-state index contributed by atoms with van der Waals surface area (Å²) in [6.45, 7) is 0. The number of ether oxygens (including phenoxy) is 1. The molecule has 0 bridgehead atoms. The summed E-state index contributed by atoms with van der Waals surface area (Å²) in [6.07, 6.45) is 4.39. The van der Waals surface area contributed by atoms with Gasteiger partial charge in [-0.15, -0.1) is 0 Å². The first-order chi connectivity index (χ1) is 12.5. The van der Waals surface area contributed by atoms with Crippen molar-refractivity contribution in [2.24, 2.45) is 0 Å². The van der Waals surface area contributed by atoms with Gasteiger partial charge in [-0.25, -0.2) is 4.79 Å². The van der Waals surface area contributed by atoms with Crippen molar-refractivity contribution in [3.8, 4) is 5.75 Å². The molecule has 1 N–H and O–H groups in total. The van der Waals surface area contributed by atoms with Crippen molar-refractivity contribution in [1.82, 2.24) is 0 Å². The number of hydrogen-bond donors (Lipinski definition) is 1. The summed E-state index contributed by atoms with van der Waals surface area (Å²) in [5.74, 6) is -0.608. The molecule has 2 aromatic rings. The molecule has 136 valence electrons. The molecule has 0 atom stereocenters. The first kappa shape index (κ1) is 19.5. The zero-order valence-corrected chi connectivity index (χ0v) is 14.5. The maximum absolute atomic E-state index is 12.1. The van der Waals surface area contributed by atoms with Gasteiger partial charge in [0.15, 0.2) is 5.78 Å². The Kier molecular flexibility index (Phi) is 7.24. The highest BCUT2D eigenvalue weighted by Gasteiger charge is 2.37. The summed E-state index contributed by atoms with van der Waals surface area (Å²) < 4.78 is 4.56. The Morgan fingerprint density at radius 2 is 1.42 bits per heavy atom. The van der Waals surface area contributed by atoms with Crippen LogP contribution in [0.2, 0.25) is 0 Å². The standard InChI is InChI=1S/C13H16O2.C8H6O3/c14-12(11-7-3-1-4-8-11)13(15)9-5-2-6-10-13;9-6-8(10)11-7-4-2-1-3-5-7/h1,3-4,7-8,15H,2,5-6,9-10H2;1-6H. The van der Waals surface area contributed by atoms with Crippen LogP contribution < -0.4 is 4.74 Å². The van der Waals surface area contributed by atoms with Crippen molar-refractivity contribution in [3.05, 3.63) is 66.2 Å². The van der Waals surface area contributed by atoms with Gasteiger partial charge in [-0.2, -0.15) is 0 Å². The van der Waals surface area contributed by atoms with Crippen molar-refractivity contribution in [3.63, 3.8) is 0 Å². The zero-order chi connectivity index (χ0) is 18.8. The molecule has 3 rings (SSSR count). The minimum absolute atomic E-state index is 0.109. The summed E-state index contributed by atoms with van der Waals surface area (Å²) in [5.41, 5.74) is -0.471. The highest BCUT2D eigenvalue weighted by Crippen LogP contribution is 2.30. The van der Waals surface area contributed by atoms with Gasteiger partial charge >= 0.3 is 5.97 Å². The lowest BCUT2D eigenvalue weighted by atomic mass is 9.79. The molecule has 1 aliphatic rings. The number of aldehydes is 1. The number of carbonyl (C=O) groups is 3. The van der Waals surface area contributed by atoms with E-state index in [-0.39, 0.29) is 12.1 Å². The van der Waals surface area contributed by atoms with E-state index in [2.05, 4.69) is 4.74 Å². The molecule has 1 saturated carbocycles. The first-order valence-electron chi connectivity index (χ1n) is 8.59. The maximum Gasteiger partial charge on any atom is 0.376 e. The summed E-state index contributed by atoms with van der Waals surface area (Å²) in [4.78, 5) is 32.3. The number of para-hydroxylation sites is 1. The van der Waals surface area contributed by atoms with Gasteiger partial charge in [-0.3, -0.25) is 9.59 Å². The molecule has 0 amide bonds. The van der Waals surface area contributed by atoms with Crippen LogP contribution in [-0.2, 0) is 9.59 Å². The van der Waals surface area contributed by atoms with Crippen LogP contribution in [0.5, 0.6) is 5.75 Å². The highest BCUT2D eigenvalue weighted by molar-refractivity contribution is 6.21. The third-order valence-corrected chi connectivity index (χ3v) is 4.20. The Labute approximate surface area is 152 Å². The minimum atomic E-state index is -1.10. The fraction of sp³-hybridized carbons (Fsp3) is 0.286. The van der Waals surface area contributed by atoms with Gasteiger partial charge in [0.05, 0.1) is 0 Å². The average Bonchev–Trinajstić information content (AvgIpc) is 2.70. The van der Waals surface area contributed by atoms with E-state index < -0.39 is 11.6 Å². The smallest absolute Gasteiger partial charge is 0.376 e. The molecule has 0 aliphatic heterocycles. The van der Waals surface area contributed by atoms with Gasteiger partial charge in [0.25, 0.3) is 0 Å². The van der Waals surface area contributed by atoms with E-state index in [1.165, 1.54) is 0 Å². The summed E-state index contributed by atoms with van der Waals surface area (Å²) >= 11 is 0. The second kappa shape index (κ2) is 9.63. The van der Waals surface area contributed by atoms with E-state index in [1.807, 2.05) is 18.2 Å². The first-order valence-corrected chi connectivity index (χ1v) is 8.59. The number of esters is 1. The predicted octanol–water partition coefficient (Wildman–Crippen LogP) is 3.36. The number of rotatable bonds is 4. The van der Waals surface area contributed by atoms with E-state index in [9.17, 15) is 19.5 Å². The zero-order valence-electron chi connectivity index (χ0n) is 14.5. The SMILES string of the molecule is O=C(c1ccccc1)C1(O)CCCCC1.O=CC(=O)Oc1ccccc1. The molecule has 0 saturated heterocycles. The van der Waals surface area contributed by atoms with Crippen molar-refractivity contribution in [2.75, 3.05) is 0 Å². The number of carbonyl (C=O) groups excluding carboxylic acids is 3. The molecule has 26 heavy (non-hydrogen) atoms. The number of benzene rings is 2. The molecule has 1 aliphatic carbocycles. The molecule has 5 nitrogen and oxygen atoms in total. The number of hydrogen-bond acceptors (Lipinski definition) is 5. The van der Waals surface area contributed by atoms with Crippen LogP contribution in [0.25, 0.3) is 0 Å². The van der Waals surface area contributed by atoms with E-state index >= 15 is 0 Å². The number of aliphatic hydroxyl groups is 1. The Bertz CT molecular complexity index is 719. The van der Waals surface area contributed by atoms with Gasteiger partial charge in [-0.05, 0) is 25.0 Å². The number of ketones is 1. The molecule has 0 radical (unpaired) electrons. The average molecular weight is 354 g/mol. The van der Waals surface area contributed by atoms with Crippen molar-refractivity contribution < 1.29 is 24.2 Å². The Morgan fingerprint density at radius 1 is 0.885 bits per heavy atom. The van der Waals surface area contributed by atoms with Crippen LogP contribution in [0, 0.1) is 0 Å². The van der Waals surface area contributed by atoms with E-state index in [1.54, 1.807) is 42.5 Å². The van der Waals surface area contributed by atoms with E-state index in [0.29, 0.717) is 24.2 Å². The Morgan fingerprint density at radius 3 is 1.96 bits per heavy atom. The molecule has 1 fully saturated rings. The highest BCUT2D eigenvalue weighted by atomic mass is 16.5. The second-order valence-electron chi connectivity index (χ2n) is 6.14. The van der Waals surface area contributed by atoms with Crippen LogP contribution in [0.3, 0.4) is 0 Å². The van der Waals surface area contributed by atoms with Crippen LogP contribution in [-0.4, -0.2) is 28.7 Å². The third kappa shape index (κ3) is 5.63. The summed E-state index contributed by atoms with van der Waals surface area (Å²) in [5, 5.41) is 10.2. The van der Waals surface area contributed by atoms with Gasteiger partial charge in [0.1, 0.15) is 11.4 Å². The van der Waals surface area contributed by atoms with E-state index in [4.69, 9.17) is 0 Å². The number of Topliss-reactive ketones (excluding diaryl/α,β-unsaturated/α-hetero) is 1. The third-order valence-electron chi connectivity index (χ3n) is 4.20. The van der Waals surface area contributed by atoms with Crippen LogP contribution >= 0.6 is 0 Å². The summed E-state index contributed by atoms with van der Waals surface area (Å²) in [7, 11) is 0. The lowest BCUT2D eigenvalue weighted by molar-refractivity contribution is -0.141. The normalized spacial score (nSPS) is 15.1. The minimum Gasteiger partial charge on any atom is -0.421 e. The molecule has 2 aromatic carbocycles. The van der Waals surface area contributed by atoms with E-state index in [0.717, 1.165) is 19.3 Å². The molecule has 0 aromatic heterocycles. The lowest BCUT2D eigenvalue weighted by Crippen LogP contribution is -2.40. The molecule has 0 unspecified atom stereocenters. The van der Waals surface area contributed by atoms with Gasteiger partial charge in [0.2, 0.25) is 6.29 Å². The topological polar surface area (TPSA) is 80.7 Å². The van der Waals surface area contributed by atoms with Crippen molar-refractivity contribution in [2.45, 2.75) is 37.7 Å². The fourth-order valence-corrected chi connectivity index (χ4v) is 2.85. The van der Waals surface area contributed by atoms with Crippen LogP contribution in [0.15, 0.2) is 60.7 Å². The molecular formula is C21H22O5. The predicted molar refractivity (Wildman–Crippen MR) is 96.9 cm³/mol. The van der Waals surface area contributed by atoms with Gasteiger partial charge in [0, 0.05) is 5.56 Å². The van der Waals surface area contributed by atoms with Crippen molar-refractivity contribution >= 4 is 18.0 Å². The molecule has 0 heterocycles. The monoisotopic (exact) mass is 354 g/mol. The summed E-state index contributed by atoms with van der Waals surface area (Å²) in [6, 6.07) is 17.5.